The minimum absolute atomic E-state index is 0.0122. The van der Waals surface area contributed by atoms with Gasteiger partial charge in [-0.25, -0.2) is 8.42 Å². The Bertz CT molecular complexity index is 1290. The summed E-state index contributed by atoms with van der Waals surface area (Å²) in [5, 5.41) is 20.0. The predicted molar refractivity (Wildman–Crippen MR) is 123 cm³/mol. The number of sulfonamides is 1. The minimum atomic E-state index is -4.43. The van der Waals surface area contributed by atoms with E-state index >= 15 is 0 Å². The van der Waals surface area contributed by atoms with E-state index in [0.717, 1.165) is 11.1 Å². The molecule has 0 aromatic heterocycles. The molecule has 3 aromatic rings. The van der Waals surface area contributed by atoms with Gasteiger partial charge in [0.2, 0.25) is 10.0 Å². The van der Waals surface area contributed by atoms with Crippen molar-refractivity contribution < 1.29 is 28.2 Å². The molecule has 0 radical (unpaired) electrons. The van der Waals surface area contributed by atoms with Gasteiger partial charge in [0.05, 0.1) is 4.90 Å². The van der Waals surface area contributed by atoms with Crippen LogP contribution in [-0.4, -0.2) is 47.0 Å². The average Bonchev–Trinajstić information content (AvgIpc) is 3.55. The van der Waals surface area contributed by atoms with Crippen LogP contribution in [0.2, 0.25) is 5.02 Å². The molecule has 0 aliphatic heterocycles. The number of carboxylic acids is 2. The molecular formula is C24H20ClNO6S. The fourth-order valence-corrected chi connectivity index (χ4v) is 5.95. The van der Waals surface area contributed by atoms with Crippen molar-refractivity contribution in [2.75, 3.05) is 6.54 Å². The van der Waals surface area contributed by atoms with Crippen LogP contribution in [-0.2, 0) is 19.6 Å². The first-order valence-electron chi connectivity index (χ1n) is 10.1. The Morgan fingerprint density at radius 1 is 0.909 bits per heavy atom. The predicted octanol–water partition coefficient (Wildman–Crippen LogP) is 4.09. The Balaban J connectivity index is 1.73. The number of carboxylic acid groups (broad SMARTS) is 2. The Morgan fingerprint density at radius 2 is 1.45 bits per heavy atom. The molecule has 2 N–H and O–H groups in total. The summed E-state index contributed by atoms with van der Waals surface area (Å²) in [6, 6.07) is 21.5. The van der Waals surface area contributed by atoms with Crippen molar-refractivity contribution in [1.82, 2.24) is 4.31 Å². The molecule has 0 heterocycles. The van der Waals surface area contributed by atoms with E-state index in [1.54, 1.807) is 66.7 Å². The van der Waals surface area contributed by atoms with Crippen LogP contribution < -0.4 is 0 Å². The maximum atomic E-state index is 13.5. The Kier molecular flexibility index (Phi) is 6.00. The van der Waals surface area contributed by atoms with Gasteiger partial charge in [0.1, 0.15) is 12.1 Å². The number of hydrogen-bond donors (Lipinski definition) is 2. The molecule has 2 atom stereocenters. The Morgan fingerprint density at radius 3 is 1.97 bits per heavy atom. The van der Waals surface area contributed by atoms with Gasteiger partial charge < -0.3 is 10.2 Å². The summed E-state index contributed by atoms with van der Waals surface area (Å²) in [4.78, 5) is 23.7. The van der Waals surface area contributed by atoms with E-state index in [0.29, 0.717) is 14.9 Å². The first kappa shape index (κ1) is 23.0. The molecule has 1 aliphatic rings. The van der Waals surface area contributed by atoms with Crippen molar-refractivity contribution in [3.8, 4) is 11.1 Å². The van der Waals surface area contributed by atoms with Crippen LogP contribution in [0.3, 0.4) is 0 Å². The van der Waals surface area contributed by atoms with Crippen molar-refractivity contribution in [2.45, 2.75) is 22.8 Å². The summed E-state index contributed by atoms with van der Waals surface area (Å²) in [7, 11) is -4.43. The second-order valence-electron chi connectivity index (χ2n) is 7.83. The third-order valence-electron chi connectivity index (χ3n) is 5.85. The van der Waals surface area contributed by atoms with Crippen LogP contribution in [0.4, 0.5) is 0 Å². The van der Waals surface area contributed by atoms with Gasteiger partial charge in [-0.3, -0.25) is 9.59 Å². The molecule has 0 amide bonds. The van der Waals surface area contributed by atoms with Crippen LogP contribution in [0.1, 0.15) is 17.9 Å². The molecule has 9 heteroatoms. The van der Waals surface area contributed by atoms with Gasteiger partial charge in [-0.1, -0.05) is 66.2 Å². The van der Waals surface area contributed by atoms with Crippen LogP contribution in [0.25, 0.3) is 11.1 Å². The lowest BCUT2D eigenvalue weighted by Gasteiger charge is -2.28. The SMILES string of the molecule is O=C(O)CN(C1(C(=O)O)CC1c1ccccc1)S(=O)(=O)c1ccc(-c2ccc(Cl)cc2)cc1. The summed E-state index contributed by atoms with van der Waals surface area (Å²) in [5.74, 6) is -3.46. The van der Waals surface area contributed by atoms with E-state index < -0.39 is 40.0 Å². The Hall–Kier alpha value is -3.20. The van der Waals surface area contributed by atoms with E-state index in [-0.39, 0.29) is 11.3 Å². The van der Waals surface area contributed by atoms with Crippen LogP contribution >= 0.6 is 11.6 Å². The fourth-order valence-electron chi connectivity index (χ4n) is 4.10. The minimum Gasteiger partial charge on any atom is -0.480 e. The van der Waals surface area contributed by atoms with Crippen LogP contribution in [0.15, 0.2) is 83.8 Å². The monoisotopic (exact) mass is 485 g/mol. The number of rotatable bonds is 8. The third-order valence-corrected chi connectivity index (χ3v) is 8.00. The zero-order valence-corrected chi connectivity index (χ0v) is 18.8. The summed E-state index contributed by atoms with van der Waals surface area (Å²) in [5.41, 5.74) is 0.326. The van der Waals surface area contributed by atoms with Gasteiger partial charge in [0, 0.05) is 10.9 Å². The lowest BCUT2D eigenvalue weighted by molar-refractivity contribution is -0.145. The maximum Gasteiger partial charge on any atom is 0.325 e. The molecule has 0 saturated heterocycles. The van der Waals surface area contributed by atoms with E-state index in [4.69, 9.17) is 11.6 Å². The number of nitrogens with zero attached hydrogens (tertiary/aromatic N) is 1. The van der Waals surface area contributed by atoms with Gasteiger partial charge in [-0.2, -0.15) is 4.31 Å². The van der Waals surface area contributed by atoms with E-state index in [1.165, 1.54) is 12.1 Å². The second-order valence-corrected chi connectivity index (χ2v) is 10.1. The van der Waals surface area contributed by atoms with Crippen molar-refractivity contribution in [1.29, 1.82) is 0 Å². The molecular weight excluding hydrogens is 466 g/mol. The van der Waals surface area contributed by atoms with Crippen molar-refractivity contribution in [3.05, 3.63) is 89.4 Å². The summed E-state index contributed by atoms with van der Waals surface area (Å²) >= 11 is 5.91. The van der Waals surface area contributed by atoms with Crippen molar-refractivity contribution in [2.24, 2.45) is 0 Å². The highest BCUT2D eigenvalue weighted by Gasteiger charge is 2.68. The van der Waals surface area contributed by atoms with Gasteiger partial charge in [0.25, 0.3) is 0 Å². The molecule has 1 aliphatic carbocycles. The highest BCUT2D eigenvalue weighted by Crippen LogP contribution is 2.57. The molecule has 4 rings (SSSR count). The van der Waals surface area contributed by atoms with Gasteiger partial charge >= 0.3 is 11.9 Å². The largest absolute Gasteiger partial charge is 0.480 e. The molecule has 7 nitrogen and oxygen atoms in total. The Labute approximate surface area is 195 Å². The molecule has 170 valence electrons. The summed E-state index contributed by atoms with van der Waals surface area (Å²) in [6.07, 6.45) is -0.0122. The molecule has 33 heavy (non-hydrogen) atoms. The van der Waals surface area contributed by atoms with Gasteiger partial charge in [-0.15, -0.1) is 0 Å². The number of aliphatic carboxylic acids is 2. The van der Waals surface area contributed by atoms with E-state index in [1.807, 2.05) is 0 Å². The van der Waals surface area contributed by atoms with Gasteiger partial charge in [-0.05, 0) is 47.4 Å². The standard InChI is InChI=1S/C24H20ClNO6S/c25-19-10-6-16(7-11-19)17-8-12-20(13-9-17)33(31,32)26(15-22(27)28)24(23(29)30)14-21(24)18-4-2-1-3-5-18/h1-13,21H,14-15H2,(H,27,28)(H,29,30). The molecule has 0 bridgehead atoms. The fraction of sp³-hybridized carbons (Fsp3) is 0.167. The highest BCUT2D eigenvalue weighted by molar-refractivity contribution is 7.89. The lowest BCUT2D eigenvalue weighted by Crippen LogP contribution is -2.50. The lowest BCUT2D eigenvalue weighted by atomic mass is 10.1. The topological polar surface area (TPSA) is 112 Å². The summed E-state index contributed by atoms with van der Waals surface area (Å²) < 4.78 is 27.6. The third kappa shape index (κ3) is 4.25. The number of benzene rings is 3. The quantitative estimate of drug-likeness (QED) is 0.497. The van der Waals surface area contributed by atoms with Crippen LogP contribution in [0, 0.1) is 0 Å². The molecule has 2 unspecified atom stereocenters. The van der Waals surface area contributed by atoms with E-state index in [2.05, 4.69) is 0 Å². The molecule has 3 aromatic carbocycles. The normalized spacial score (nSPS) is 19.9. The van der Waals surface area contributed by atoms with E-state index in [9.17, 15) is 28.2 Å². The zero-order chi connectivity index (χ0) is 23.8. The van der Waals surface area contributed by atoms with Crippen LogP contribution in [0.5, 0.6) is 0 Å². The van der Waals surface area contributed by atoms with Crippen molar-refractivity contribution in [3.63, 3.8) is 0 Å². The first-order valence-corrected chi connectivity index (χ1v) is 11.9. The molecule has 1 fully saturated rings. The molecule has 1 saturated carbocycles. The molecule has 0 spiro atoms. The number of carbonyl (C=O) groups is 2. The number of hydrogen-bond acceptors (Lipinski definition) is 4. The number of halogens is 1. The highest BCUT2D eigenvalue weighted by atomic mass is 35.5. The first-order chi connectivity index (χ1) is 15.7. The summed E-state index contributed by atoms with van der Waals surface area (Å²) in [6.45, 7) is -0.961. The maximum absolute atomic E-state index is 13.5. The van der Waals surface area contributed by atoms with Gasteiger partial charge in [0.15, 0.2) is 0 Å². The average molecular weight is 486 g/mol. The smallest absolute Gasteiger partial charge is 0.325 e. The zero-order valence-electron chi connectivity index (χ0n) is 17.3. The second kappa shape index (κ2) is 8.62. The van der Waals surface area contributed by atoms with Crippen molar-refractivity contribution >= 4 is 33.6 Å².